The molecule has 1 heterocycles. The van der Waals surface area contributed by atoms with Gasteiger partial charge in [0.05, 0.1) is 13.2 Å². The predicted octanol–water partition coefficient (Wildman–Crippen LogP) is 0.213. The SMILES string of the molecule is CC(=O)O.CC(=O)O.COCC1CO1. The number of hydrogen-bond acceptors (Lipinski definition) is 4. The summed E-state index contributed by atoms with van der Waals surface area (Å²) in [6.07, 6.45) is 0.426. The second kappa shape index (κ2) is 9.94. The van der Waals surface area contributed by atoms with Crippen LogP contribution in [0.3, 0.4) is 0 Å². The Labute approximate surface area is 82.4 Å². The molecule has 1 aliphatic heterocycles. The molecule has 1 fully saturated rings. The van der Waals surface area contributed by atoms with Crippen LogP contribution in [0.4, 0.5) is 0 Å². The molecule has 0 aliphatic carbocycles. The van der Waals surface area contributed by atoms with Crippen molar-refractivity contribution in [2.45, 2.75) is 20.0 Å². The van der Waals surface area contributed by atoms with Crippen LogP contribution in [0.2, 0.25) is 0 Å². The van der Waals surface area contributed by atoms with Crippen LogP contribution in [0.15, 0.2) is 0 Å². The van der Waals surface area contributed by atoms with Crippen molar-refractivity contribution in [3.05, 3.63) is 0 Å². The smallest absolute Gasteiger partial charge is 0.300 e. The molecule has 1 saturated heterocycles. The van der Waals surface area contributed by atoms with E-state index in [1.807, 2.05) is 0 Å². The Morgan fingerprint density at radius 2 is 1.64 bits per heavy atom. The van der Waals surface area contributed by atoms with Gasteiger partial charge in [0, 0.05) is 21.0 Å². The van der Waals surface area contributed by atoms with Crippen molar-refractivity contribution in [1.82, 2.24) is 0 Å². The van der Waals surface area contributed by atoms with Crippen molar-refractivity contribution in [3.63, 3.8) is 0 Å². The topological polar surface area (TPSA) is 96.4 Å². The van der Waals surface area contributed by atoms with Crippen LogP contribution >= 0.6 is 0 Å². The number of rotatable bonds is 2. The minimum atomic E-state index is -0.833. The molecule has 0 aromatic carbocycles. The second-order valence-corrected chi connectivity index (χ2v) is 2.45. The molecule has 1 atom stereocenters. The fourth-order valence-electron chi connectivity index (χ4n) is 0.350. The van der Waals surface area contributed by atoms with E-state index in [4.69, 9.17) is 29.3 Å². The van der Waals surface area contributed by atoms with Crippen molar-refractivity contribution >= 4 is 11.9 Å². The third kappa shape index (κ3) is 44.7. The zero-order valence-corrected chi connectivity index (χ0v) is 8.52. The standard InChI is InChI=1S/C4H8O2.2C2H4O2/c1-5-2-4-3-6-4;2*1-2(3)4/h4H,2-3H2,1H3;2*1H3,(H,3,4). The largest absolute Gasteiger partial charge is 0.481 e. The number of carbonyl (C=O) groups is 2. The molecule has 1 unspecified atom stereocenters. The first-order chi connectivity index (χ1) is 6.40. The van der Waals surface area contributed by atoms with E-state index in [0.29, 0.717) is 6.10 Å². The maximum absolute atomic E-state index is 9.00. The molecule has 2 N–H and O–H groups in total. The average Bonchev–Trinajstić information content (AvgIpc) is 2.68. The van der Waals surface area contributed by atoms with E-state index in [0.717, 1.165) is 27.1 Å². The first-order valence-corrected chi connectivity index (χ1v) is 3.89. The Kier molecular flexibility index (Phi) is 10.9. The predicted molar refractivity (Wildman–Crippen MR) is 48.2 cm³/mol. The van der Waals surface area contributed by atoms with E-state index in [1.165, 1.54) is 0 Å². The lowest BCUT2D eigenvalue weighted by Crippen LogP contribution is -1.94. The quantitative estimate of drug-likeness (QED) is 0.630. The Bertz CT molecular complexity index is 143. The van der Waals surface area contributed by atoms with Crippen molar-refractivity contribution in [2.75, 3.05) is 20.3 Å². The van der Waals surface area contributed by atoms with Crippen molar-refractivity contribution in [3.8, 4) is 0 Å². The number of carboxylic acid groups (broad SMARTS) is 2. The van der Waals surface area contributed by atoms with E-state index in [1.54, 1.807) is 7.11 Å². The number of hydrogen-bond donors (Lipinski definition) is 2. The summed E-state index contributed by atoms with van der Waals surface area (Å²) in [6, 6.07) is 0. The number of carboxylic acids is 2. The highest BCUT2D eigenvalue weighted by Gasteiger charge is 2.21. The van der Waals surface area contributed by atoms with E-state index in [9.17, 15) is 0 Å². The number of methoxy groups -OCH3 is 1. The van der Waals surface area contributed by atoms with Gasteiger partial charge in [-0.2, -0.15) is 0 Å². The number of ether oxygens (including phenoxy) is 2. The fraction of sp³-hybridized carbons (Fsp3) is 0.750. The highest BCUT2D eigenvalue weighted by Crippen LogP contribution is 2.06. The van der Waals surface area contributed by atoms with E-state index in [2.05, 4.69) is 0 Å². The van der Waals surface area contributed by atoms with E-state index in [-0.39, 0.29) is 0 Å². The molecule has 1 aliphatic rings. The molecule has 6 heteroatoms. The summed E-state index contributed by atoms with van der Waals surface area (Å²) in [5.41, 5.74) is 0. The van der Waals surface area contributed by atoms with Crippen molar-refractivity contribution < 1.29 is 29.3 Å². The minimum Gasteiger partial charge on any atom is -0.481 e. The van der Waals surface area contributed by atoms with Gasteiger partial charge in [0.15, 0.2) is 0 Å². The maximum Gasteiger partial charge on any atom is 0.300 e. The lowest BCUT2D eigenvalue weighted by atomic mass is 10.5. The molecule has 0 saturated carbocycles. The average molecular weight is 208 g/mol. The molecule has 0 radical (unpaired) electrons. The van der Waals surface area contributed by atoms with Gasteiger partial charge in [0.25, 0.3) is 11.9 Å². The molecule has 0 spiro atoms. The van der Waals surface area contributed by atoms with Gasteiger partial charge < -0.3 is 19.7 Å². The fourth-order valence-corrected chi connectivity index (χ4v) is 0.350. The Morgan fingerprint density at radius 1 is 1.36 bits per heavy atom. The van der Waals surface area contributed by atoms with Gasteiger partial charge in [-0.25, -0.2) is 0 Å². The minimum absolute atomic E-state index is 0.426. The van der Waals surface area contributed by atoms with Crippen LogP contribution in [0.1, 0.15) is 13.8 Å². The first kappa shape index (κ1) is 15.3. The molecule has 0 aromatic rings. The van der Waals surface area contributed by atoms with Crippen molar-refractivity contribution in [2.24, 2.45) is 0 Å². The molecular weight excluding hydrogens is 192 g/mol. The van der Waals surface area contributed by atoms with Crippen molar-refractivity contribution in [1.29, 1.82) is 0 Å². The number of aliphatic carboxylic acids is 2. The second-order valence-electron chi connectivity index (χ2n) is 2.45. The van der Waals surface area contributed by atoms with Gasteiger partial charge in [-0.15, -0.1) is 0 Å². The Balaban J connectivity index is 0. The van der Waals surface area contributed by atoms with Gasteiger partial charge >= 0.3 is 0 Å². The Hall–Kier alpha value is -1.14. The third-order valence-electron chi connectivity index (χ3n) is 0.755. The molecular formula is C8H16O6. The van der Waals surface area contributed by atoms with Crippen LogP contribution < -0.4 is 0 Å². The lowest BCUT2D eigenvalue weighted by molar-refractivity contribution is -0.135. The molecule has 1 rings (SSSR count). The summed E-state index contributed by atoms with van der Waals surface area (Å²) in [6.45, 7) is 3.83. The van der Waals surface area contributed by atoms with Crippen LogP contribution in [0.25, 0.3) is 0 Å². The summed E-state index contributed by atoms with van der Waals surface area (Å²) >= 11 is 0. The van der Waals surface area contributed by atoms with E-state index >= 15 is 0 Å². The van der Waals surface area contributed by atoms with Crippen LogP contribution in [0, 0.1) is 0 Å². The monoisotopic (exact) mass is 208 g/mol. The molecule has 0 aromatic heterocycles. The van der Waals surface area contributed by atoms with Gasteiger partial charge in [0.2, 0.25) is 0 Å². The zero-order chi connectivity index (χ0) is 11.6. The molecule has 84 valence electrons. The van der Waals surface area contributed by atoms with Crippen LogP contribution in [-0.4, -0.2) is 48.6 Å². The highest BCUT2D eigenvalue weighted by atomic mass is 16.6. The van der Waals surface area contributed by atoms with Gasteiger partial charge in [-0.3, -0.25) is 9.59 Å². The maximum atomic E-state index is 9.00. The lowest BCUT2D eigenvalue weighted by Gasteiger charge is -1.84. The third-order valence-corrected chi connectivity index (χ3v) is 0.755. The van der Waals surface area contributed by atoms with Crippen LogP contribution in [-0.2, 0) is 19.1 Å². The summed E-state index contributed by atoms with van der Waals surface area (Å²) in [5, 5.41) is 14.8. The summed E-state index contributed by atoms with van der Waals surface area (Å²) in [5.74, 6) is -1.67. The summed E-state index contributed by atoms with van der Waals surface area (Å²) < 4.78 is 9.56. The molecule has 0 bridgehead atoms. The summed E-state index contributed by atoms with van der Waals surface area (Å²) in [7, 11) is 1.68. The summed E-state index contributed by atoms with van der Waals surface area (Å²) in [4.78, 5) is 18.0. The molecule has 14 heavy (non-hydrogen) atoms. The molecule has 0 amide bonds. The molecule has 6 nitrogen and oxygen atoms in total. The van der Waals surface area contributed by atoms with Gasteiger partial charge in [-0.1, -0.05) is 0 Å². The first-order valence-electron chi connectivity index (χ1n) is 3.89. The van der Waals surface area contributed by atoms with Gasteiger partial charge in [-0.05, 0) is 0 Å². The Morgan fingerprint density at radius 3 is 1.71 bits per heavy atom. The van der Waals surface area contributed by atoms with E-state index < -0.39 is 11.9 Å². The normalized spacial score (nSPS) is 16.6. The highest BCUT2D eigenvalue weighted by molar-refractivity contribution is 5.63. The number of epoxide rings is 1. The van der Waals surface area contributed by atoms with Crippen LogP contribution in [0.5, 0.6) is 0 Å². The zero-order valence-electron chi connectivity index (χ0n) is 8.52. The van der Waals surface area contributed by atoms with Gasteiger partial charge in [0.1, 0.15) is 6.10 Å².